The molecule has 0 saturated heterocycles. The highest BCUT2D eigenvalue weighted by Gasteiger charge is 2.04. The number of carboxylic acids is 1. The van der Waals surface area contributed by atoms with Crippen LogP contribution in [-0.2, 0) is 38.1 Å². The topological polar surface area (TPSA) is 139 Å². The molecule has 1 amide bonds. The zero-order chi connectivity index (χ0) is 25.6. The average molecular weight is 500 g/mol. The number of carbonyl (C=O) groups excluding carboxylic acids is 2. The largest absolute Gasteiger partial charge is 0.491 e. The van der Waals surface area contributed by atoms with Crippen molar-refractivity contribution in [3.05, 3.63) is 24.3 Å². The summed E-state index contributed by atoms with van der Waals surface area (Å²) in [6.45, 7) is 5.33. The number of carbonyl (C=O) groups is 3. The van der Waals surface area contributed by atoms with Gasteiger partial charge < -0.3 is 38.8 Å². The Balaban J connectivity index is 1.79. The average Bonchev–Trinajstić information content (AvgIpc) is 2.82. The van der Waals surface area contributed by atoms with E-state index in [0.717, 1.165) is 5.69 Å². The van der Waals surface area contributed by atoms with E-state index in [0.29, 0.717) is 71.4 Å². The first-order valence-corrected chi connectivity index (χ1v) is 11.7. The third kappa shape index (κ3) is 19.3. The summed E-state index contributed by atoms with van der Waals surface area (Å²) in [5.74, 6) is -0.631. The Morgan fingerprint density at radius 3 is 1.71 bits per heavy atom. The molecule has 1 rings (SSSR count). The first-order valence-electron chi connectivity index (χ1n) is 11.7. The molecule has 0 aliphatic carbocycles. The number of anilines is 1. The molecule has 35 heavy (non-hydrogen) atoms. The minimum absolute atomic E-state index is 0.0604. The van der Waals surface area contributed by atoms with E-state index in [4.69, 9.17) is 33.5 Å². The van der Waals surface area contributed by atoms with Crippen molar-refractivity contribution in [3.63, 3.8) is 0 Å². The van der Waals surface area contributed by atoms with E-state index in [1.54, 1.807) is 24.3 Å². The molecule has 0 aromatic heterocycles. The number of ether oxygens (including phenoxy) is 6. The van der Waals surface area contributed by atoms with Gasteiger partial charge in [0.05, 0.1) is 52.9 Å². The number of benzene rings is 1. The maximum Gasteiger partial charge on any atom is 0.305 e. The van der Waals surface area contributed by atoms with Crippen molar-refractivity contribution in [1.82, 2.24) is 0 Å². The molecule has 0 atom stereocenters. The van der Waals surface area contributed by atoms with Gasteiger partial charge in [-0.05, 0) is 37.1 Å². The summed E-state index contributed by atoms with van der Waals surface area (Å²) in [6, 6.07) is 7.11. The first-order chi connectivity index (χ1) is 17.0. The molecule has 11 heteroatoms. The van der Waals surface area contributed by atoms with E-state index in [1.165, 1.54) is 6.92 Å². The first kappa shape index (κ1) is 30.3. The monoisotopic (exact) mass is 499 g/mol. The van der Waals surface area contributed by atoms with E-state index in [2.05, 4.69) is 5.32 Å². The molecule has 11 nitrogen and oxygen atoms in total. The fourth-order valence-electron chi connectivity index (χ4n) is 2.65. The third-order valence-corrected chi connectivity index (χ3v) is 4.30. The van der Waals surface area contributed by atoms with Crippen LogP contribution in [0.1, 0.15) is 32.6 Å². The van der Waals surface area contributed by atoms with Gasteiger partial charge in [-0.25, -0.2) is 0 Å². The molecule has 2 N–H and O–H groups in total. The number of rotatable bonds is 22. The molecule has 0 spiro atoms. The van der Waals surface area contributed by atoms with Gasteiger partial charge in [0.15, 0.2) is 0 Å². The van der Waals surface area contributed by atoms with Gasteiger partial charge in [0.25, 0.3) is 0 Å². The summed E-state index contributed by atoms with van der Waals surface area (Å²) in [7, 11) is 0. The molecule has 0 unspecified atom stereocenters. The second-order valence-electron chi connectivity index (χ2n) is 7.32. The highest BCUT2D eigenvalue weighted by molar-refractivity contribution is 5.88. The molecular formula is C24H37NO10. The van der Waals surface area contributed by atoms with Crippen LogP contribution in [0.4, 0.5) is 5.69 Å². The molecule has 0 saturated carbocycles. The molecule has 1 aromatic carbocycles. The molecule has 0 radical (unpaired) electrons. The Bertz CT molecular complexity index is 711. The zero-order valence-electron chi connectivity index (χ0n) is 20.3. The highest BCUT2D eigenvalue weighted by atomic mass is 16.6. The van der Waals surface area contributed by atoms with Crippen LogP contribution in [0.25, 0.3) is 0 Å². The SMILES string of the molecule is CC(=O)Nc1ccc(OCCOCCOCCOCCOCCOC(=O)CCCCC(=O)O)cc1. The van der Waals surface area contributed by atoms with Crippen molar-refractivity contribution in [2.45, 2.75) is 32.6 Å². The van der Waals surface area contributed by atoms with Crippen molar-refractivity contribution in [2.75, 3.05) is 71.4 Å². The van der Waals surface area contributed by atoms with Gasteiger partial charge in [0.1, 0.15) is 19.0 Å². The van der Waals surface area contributed by atoms with E-state index in [9.17, 15) is 14.4 Å². The molecular weight excluding hydrogens is 462 g/mol. The molecule has 198 valence electrons. The van der Waals surface area contributed by atoms with Crippen molar-refractivity contribution < 1.29 is 47.9 Å². The third-order valence-electron chi connectivity index (χ3n) is 4.30. The summed E-state index contributed by atoms with van der Waals surface area (Å²) < 4.78 is 32.1. The van der Waals surface area contributed by atoms with Gasteiger partial charge in [-0.3, -0.25) is 14.4 Å². The summed E-state index contributed by atoms with van der Waals surface area (Å²) in [4.78, 5) is 32.8. The Kier molecular flexibility index (Phi) is 17.9. The number of aliphatic carboxylic acids is 1. The fraction of sp³-hybridized carbons (Fsp3) is 0.625. The number of carboxylic acid groups (broad SMARTS) is 1. The molecule has 0 aliphatic rings. The van der Waals surface area contributed by atoms with Crippen LogP contribution in [0, 0.1) is 0 Å². The van der Waals surface area contributed by atoms with Gasteiger partial charge >= 0.3 is 11.9 Å². The summed E-state index contributed by atoms with van der Waals surface area (Å²) in [6.07, 6.45) is 1.24. The predicted octanol–water partition coefficient (Wildman–Crippen LogP) is 2.28. The van der Waals surface area contributed by atoms with Crippen LogP contribution < -0.4 is 10.1 Å². The second kappa shape index (κ2) is 20.6. The van der Waals surface area contributed by atoms with Crippen molar-refractivity contribution in [2.24, 2.45) is 0 Å². The minimum atomic E-state index is -0.864. The number of nitrogens with one attached hydrogen (secondary N) is 1. The predicted molar refractivity (Wildman–Crippen MR) is 127 cm³/mol. The lowest BCUT2D eigenvalue weighted by Crippen LogP contribution is -2.15. The normalized spacial score (nSPS) is 10.7. The zero-order valence-corrected chi connectivity index (χ0v) is 20.3. The number of hydrogen-bond acceptors (Lipinski definition) is 9. The number of esters is 1. The van der Waals surface area contributed by atoms with Crippen LogP contribution >= 0.6 is 0 Å². The lowest BCUT2D eigenvalue weighted by atomic mass is 10.2. The van der Waals surface area contributed by atoms with Crippen molar-refractivity contribution in [3.8, 4) is 5.75 Å². The number of amides is 1. The van der Waals surface area contributed by atoms with E-state index in [-0.39, 0.29) is 37.9 Å². The summed E-state index contributed by atoms with van der Waals surface area (Å²) in [5.41, 5.74) is 0.719. The lowest BCUT2D eigenvalue weighted by Gasteiger charge is -2.09. The molecule has 0 fully saturated rings. The quantitative estimate of drug-likeness (QED) is 0.180. The van der Waals surface area contributed by atoms with E-state index in [1.807, 2.05) is 0 Å². The van der Waals surface area contributed by atoms with Crippen LogP contribution in [0.15, 0.2) is 24.3 Å². The fourth-order valence-corrected chi connectivity index (χ4v) is 2.65. The summed E-state index contributed by atoms with van der Waals surface area (Å²) in [5, 5.41) is 11.2. The second-order valence-corrected chi connectivity index (χ2v) is 7.32. The standard InChI is InChI=1S/C24H37NO10/c1-20(26)25-21-6-8-22(9-7-21)34-18-16-32-14-12-30-10-11-31-13-15-33-17-19-35-24(29)5-3-2-4-23(27)28/h6-9H,2-5,10-19H2,1H3,(H,25,26)(H,27,28). The van der Waals surface area contributed by atoms with Crippen LogP contribution in [0.2, 0.25) is 0 Å². The maximum absolute atomic E-state index is 11.4. The maximum atomic E-state index is 11.4. The van der Waals surface area contributed by atoms with Gasteiger partial charge in [-0.1, -0.05) is 0 Å². The number of unbranched alkanes of at least 4 members (excludes halogenated alkanes) is 1. The summed E-state index contributed by atoms with van der Waals surface area (Å²) >= 11 is 0. The molecule has 0 aliphatic heterocycles. The Labute approximate surface area is 206 Å². The molecule has 0 bridgehead atoms. The Morgan fingerprint density at radius 1 is 0.714 bits per heavy atom. The van der Waals surface area contributed by atoms with Gasteiger partial charge in [0, 0.05) is 25.5 Å². The van der Waals surface area contributed by atoms with Crippen LogP contribution in [0.3, 0.4) is 0 Å². The lowest BCUT2D eigenvalue weighted by molar-refractivity contribution is -0.146. The highest BCUT2D eigenvalue weighted by Crippen LogP contribution is 2.15. The Morgan fingerprint density at radius 2 is 1.20 bits per heavy atom. The van der Waals surface area contributed by atoms with Crippen molar-refractivity contribution in [1.29, 1.82) is 0 Å². The molecule has 1 aromatic rings. The van der Waals surface area contributed by atoms with Gasteiger partial charge in [0.2, 0.25) is 5.91 Å². The van der Waals surface area contributed by atoms with Crippen LogP contribution in [0.5, 0.6) is 5.75 Å². The Hall–Kier alpha value is -2.73. The van der Waals surface area contributed by atoms with E-state index >= 15 is 0 Å². The van der Waals surface area contributed by atoms with Gasteiger partial charge in [-0.2, -0.15) is 0 Å². The van der Waals surface area contributed by atoms with Gasteiger partial charge in [-0.15, -0.1) is 0 Å². The van der Waals surface area contributed by atoms with Crippen molar-refractivity contribution >= 4 is 23.5 Å². The number of hydrogen-bond donors (Lipinski definition) is 2. The van der Waals surface area contributed by atoms with Crippen LogP contribution in [-0.4, -0.2) is 89.0 Å². The van der Waals surface area contributed by atoms with E-state index < -0.39 is 5.97 Å². The molecule has 0 heterocycles. The smallest absolute Gasteiger partial charge is 0.305 e. The minimum Gasteiger partial charge on any atom is -0.491 e.